The minimum absolute atomic E-state index is 0.0252. The van der Waals surface area contributed by atoms with Gasteiger partial charge in [-0.05, 0) is 32.0 Å². The number of amides is 2. The number of carbonyl (C=O) groups excluding carboxylic acids is 1. The molecule has 1 rings (SSSR count). The molecule has 2 amide bonds. The number of hydrogen-bond acceptors (Lipinski definition) is 2. The van der Waals surface area contributed by atoms with Crippen molar-refractivity contribution in [1.29, 1.82) is 0 Å². The predicted octanol–water partition coefficient (Wildman–Crippen LogP) is 1.70. The van der Waals surface area contributed by atoms with E-state index in [1.54, 1.807) is 6.07 Å². The molecule has 0 saturated heterocycles. The van der Waals surface area contributed by atoms with Crippen LogP contribution in [-0.2, 0) is 0 Å². The Balaban J connectivity index is 2.77. The van der Waals surface area contributed by atoms with E-state index in [0.29, 0.717) is 5.56 Å². The zero-order chi connectivity index (χ0) is 13.5. The van der Waals surface area contributed by atoms with Crippen LogP contribution in [0.5, 0.6) is 0 Å². The summed E-state index contributed by atoms with van der Waals surface area (Å²) in [7, 11) is 0. The van der Waals surface area contributed by atoms with Crippen LogP contribution in [0.25, 0.3) is 0 Å². The number of benzene rings is 1. The van der Waals surface area contributed by atoms with E-state index in [1.807, 2.05) is 13.8 Å². The highest BCUT2D eigenvalue weighted by Gasteiger charge is 2.07. The van der Waals surface area contributed by atoms with E-state index in [0.717, 1.165) is 0 Å². The Bertz CT molecular complexity index is 489. The van der Waals surface area contributed by atoms with Crippen LogP contribution in [0.15, 0.2) is 18.2 Å². The molecule has 1 aromatic rings. The maximum absolute atomic E-state index is 13.6. The summed E-state index contributed by atoms with van der Waals surface area (Å²) in [5.74, 6) is 4.43. The second-order valence-corrected chi connectivity index (χ2v) is 3.91. The van der Waals surface area contributed by atoms with Gasteiger partial charge in [0, 0.05) is 11.6 Å². The summed E-state index contributed by atoms with van der Waals surface area (Å²) in [6.07, 6.45) is 0. The largest absolute Gasteiger partial charge is 0.384 e. The molecule has 0 atom stereocenters. The topological polar surface area (TPSA) is 61.4 Å². The minimum atomic E-state index is -0.571. The van der Waals surface area contributed by atoms with E-state index < -0.39 is 11.8 Å². The van der Waals surface area contributed by atoms with Gasteiger partial charge in [0.15, 0.2) is 0 Å². The van der Waals surface area contributed by atoms with Gasteiger partial charge in [0.25, 0.3) is 0 Å². The number of aliphatic hydroxyl groups is 1. The molecule has 0 aliphatic rings. The van der Waals surface area contributed by atoms with Crippen LogP contribution in [-0.4, -0.2) is 23.8 Å². The third-order valence-corrected chi connectivity index (χ3v) is 1.95. The van der Waals surface area contributed by atoms with E-state index >= 15 is 0 Å². The smallest absolute Gasteiger partial charge is 0.319 e. The zero-order valence-electron chi connectivity index (χ0n) is 10.2. The first-order valence-corrected chi connectivity index (χ1v) is 5.49. The zero-order valence-corrected chi connectivity index (χ0v) is 10.2. The van der Waals surface area contributed by atoms with Gasteiger partial charge in [-0.15, -0.1) is 0 Å². The number of nitrogens with one attached hydrogen (secondary N) is 2. The Morgan fingerprint density at radius 2 is 2.22 bits per heavy atom. The second-order valence-electron chi connectivity index (χ2n) is 3.91. The van der Waals surface area contributed by atoms with Crippen molar-refractivity contribution in [2.45, 2.75) is 19.9 Å². The summed E-state index contributed by atoms with van der Waals surface area (Å²) in [4.78, 5) is 11.4. The van der Waals surface area contributed by atoms with Gasteiger partial charge in [-0.1, -0.05) is 11.8 Å². The van der Waals surface area contributed by atoms with Crippen LogP contribution in [0.1, 0.15) is 19.4 Å². The van der Waals surface area contributed by atoms with Crippen LogP contribution >= 0.6 is 0 Å². The van der Waals surface area contributed by atoms with Crippen LogP contribution in [0, 0.1) is 17.7 Å². The minimum Gasteiger partial charge on any atom is -0.384 e. The first kappa shape index (κ1) is 14.0. The number of anilines is 1. The number of hydrogen-bond donors (Lipinski definition) is 3. The van der Waals surface area contributed by atoms with Crippen molar-refractivity contribution in [1.82, 2.24) is 5.32 Å². The van der Waals surface area contributed by atoms with Crippen molar-refractivity contribution < 1.29 is 14.3 Å². The van der Waals surface area contributed by atoms with Gasteiger partial charge in [0.05, 0.1) is 5.69 Å². The molecule has 0 fully saturated rings. The lowest BCUT2D eigenvalue weighted by Crippen LogP contribution is -2.34. The molecule has 0 heterocycles. The van der Waals surface area contributed by atoms with Crippen molar-refractivity contribution >= 4 is 11.7 Å². The highest BCUT2D eigenvalue weighted by molar-refractivity contribution is 5.89. The van der Waals surface area contributed by atoms with Gasteiger partial charge in [-0.2, -0.15) is 0 Å². The second kappa shape index (κ2) is 6.62. The molecule has 3 N–H and O–H groups in total. The molecular weight excluding hydrogens is 235 g/mol. The van der Waals surface area contributed by atoms with Gasteiger partial charge in [0.1, 0.15) is 12.4 Å². The van der Waals surface area contributed by atoms with E-state index in [2.05, 4.69) is 22.5 Å². The molecule has 0 spiro atoms. The molecular formula is C13H15FN2O2. The molecule has 5 heteroatoms. The van der Waals surface area contributed by atoms with Gasteiger partial charge < -0.3 is 15.7 Å². The Morgan fingerprint density at radius 3 is 2.78 bits per heavy atom. The summed E-state index contributed by atoms with van der Waals surface area (Å²) in [6, 6.07) is 3.71. The third-order valence-electron chi connectivity index (χ3n) is 1.95. The number of halogens is 1. The normalized spacial score (nSPS) is 9.61. The first-order chi connectivity index (χ1) is 8.52. The Kier molecular flexibility index (Phi) is 5.15. The highest BCUT2D eigenvalue weighted by atomic mass is 19.1. The predicted molar refractivity (Wildman–Crippen MR) is 67.7 cm³/mol. The van der Waals surface area contributed by atoms with E-state index in [4.69, 9.17) is 5.11 Å². The number of urea groups is 1. The van der Waals surface area contributed by atoms with Crippen molar-refractivity contribution in [2.75, 3.05) is 11.9 Å². The van der Waals surface area contributed by atoms with Crippen molar-refractivity contribution in [2.24, 2.45) is 0 Å². The van der Waals surface area contributed by atoms with Crippen LogP contribution in [0.2, 0.25) is 0 Å². The maximum Gasteiger partial charge on any atom is 0.319 e. The van der Waals surface area contributed by atoms with Crippen molar-refractivity contribution in [3.8, 4) is 11.8 Å². The third kappa shape index (κ3) is 4.44. The lowest BCUT2D eigenvalue weighted by Gasteiger charge is -2.10. The number of carbonyl (C=O) groups is 1. The van der Waals surface area contributed by atoms with E-state index in [-0.39, 0.29) is 18.3 Å². The maximum atomic E-state index is 13.6. The SMILES string of the molecule is CC(C)NC(=O)Nc1ccc(C#CCO)cc1F. The van der Waals surface area contributed by atoms with Gasteiger partial charge in [0.2, 0.25) is 0 Å². The highest BCUT2D eigenvalue weighted by Crippen LogP contribution is 2.15. The molecule has 1 aromatic carbocycles. The number of aliphatic hydroxyl groups excluding tert-OH is 1. The summed E-state index contributed by atoms with van der Waals surface area (Å²) in [6.45, 7) is 3.34. The summed E-state index contributed by atoms with van der Waals surface area (Å²) >= 11 is 0. The lowest BCUT2D eigenvalue weighted by atomic mass is 10.2. The van der Waals surface area contributed by atoms with Gasteiger partial charge in [-0.3, -0.25) is 0 Å². The monoisotopic (exact) mass is 250 g/mol. The molecule has 0 aliphatic heterocycles. The van der Waals surface area contributed by atoms with Crippen molar-refractivity contribution in [3.05, 3.63) is 29.6 Å². The summed E-state index contributed by atoms with van der Waals surface area (Å²) < 4.78 is 13.6. The first-order valence-electron chi connectivity index (χ1n) is 5.49. The van der Waals surface area contributed by atoms with Crippen molar-refractivity contribution in [3.63, 3.8) is 0 Å². The van der Waals surface area contributed by atoms with Crippen LogP contribution < -0.4 is 10.6 Å². The van der Waals surface area contributed by atoms with Gasteiger partial charge >= 0.3 is 6.03 Å². The molecule has 0 saturated carbocycles. The fourth-order valence-electron chi connectivity index (χ4n) is 1.26. The fraction of sp³-hybridized carbons (Fsp3) is 0.308. The molecule has 0 aliphatic carbocycles. The summed E-state index contributed by atoms with van der Waals surface area (Å²) in [5, 5.41) is 13.5. The van der Waals surface area contributed by atoms with Crippen LogP contribution in [0.4, 0.5) is 14.9 Å². The van der Waals surface area contributed by atoms with E-state index in [9.17, 15) is 9.18 Å². The molecule has 18 heavy (non-hydrogen) atoms. The molecule has 0 aromatic heterocycles. The number of rotatable bonds is 2. The molecule has 0 unspecified atom stereocenters. The Morgan fingerprint density at radius 1 is 1.50 bits per heavy atom. The molecule has 0 bridgehead atoms. The quantitative estimate of drug-likeness (QED) is 0.700. The molecule has 0 radical (unpaired) electrons. The molecule has 96 valence electrons. The van der Waals surface area contributed by atoms with Gasteiger partial charge in [-0.25, -0.2) is 9.18 Å². The Labute approximate surface area is 105 Å². The summed E-state index contributed by atoms with van der Waals surface area (Å²) in [5.41, 5.74) is 0.527. The lowest BCUT2D eigenvalue weighted by molar-refractivity contribution is 0.250. The standard InChI is InChI=1S/C13H15FN2O2/c1-9(2)15-13(18)16-12-6-5-10(4-3-7-17)8-11(12)14/h5-6,8-9,17H,7H2,1-2H3,(H2,15,16,18). The fourth-order valence-corrected chi connectivity index (χ4v) is 1.26. The Hall–Kier alpha value is -2.06. The average Bonchev–Trinajstić information content (AvgIpc) is 2.28. The molecule has 4 nitrogen and oxygen atoms in total. The average molecular weight is 250 g/mol. The van der Waals surface area contributed by atoms with E-state index in [1.165, 1.54) is 12.1 Å². The van der Waals surface area contributed by atoms with Crippen LogP contribution in [0.3, 0.4) is 0 Å².